The van der Waals surface area contributed by atoms with Crippen LogP contribution in [0.25, 0.3) is 5.69 Å². The van der Waals surface area contributed by atoms with E-state index < -0.39 is 0 Å². The highest BCUT2D eigenvalue weighted by Crippen LogP contribution is 2.40. The molecule has 0 aliphatic heterocycles. The molecule has 2 aromatic heterocycles. The minimum Gasteiger partial charge on any atom is -0.355 e. The maximum Gasteiger partial charge on any atom is 0.209 e. The molecule has 2 heterocycles. The number of rotatable bonds is 7. The van der Waals surface area contributed by atoms with Crippen LogP contribution in [-0.4, -0.2) is 36.6 Å². The van der Waals surface area contributed by atoms with Crippen molar-refractivity contribution < 1.29 is 9.59 Å². The molecule has 0 spiro atoms. The molecule has 0 amide bonds. The monoisotopic (exact) mass is 408 g/mol. The lowest BCUT2D eigenvalue weighted by Gasteiger charge is -2.07. The number of Topliss-reactive ketones (excluding diaryl/α,β-unsaturated/α-hetero) is 2. The first-order valence-corrected chi connectivity index (χ1v) is 10.7. The van der Waals surface area contributed by atoms with Crippen molar-refractivity contribution in [3.05, 3.63) is 58.7 Å². The van der Waals surface area contributed by atoms with E-state index in [2.05, 4.69) is 10.1 Å². The van der Waals surface area contributed by atoms with Crippen molar-refractivity contribution in [3.63, 3.8) is 0 Å². The second-order valence-electron chi connectivity index (χ2n) is 7.58. The molecule has 4 rings (SSSR count). The molecule has 1 aliphatic carbocycles. The van der Waals surface area contributed by atoms with Gasteiger partial charge in [-0.05, 0) is 58.2 Å². The molecular weight excluding hydrogens is 384 g/mol. The minimum atomic E-state index is -0.370. The summed E-state index contributed by atoms with van der Waals surface area (Å²) < 4.78 is 1.90. The summed E-state index contributed by atoms with van der Waals surface area (Å²) in [5, 5.41) is 4.91. The van der Waals surface area contributed by atoms with Crippen molar-refractivity contribution in [1.29, 1.82) is 0 Å². The summed E-state index contributed by atoms with van der Waals surface area (Å²) in [4.78, 5) is 32.7. The average molecular weight is 409 g/mol. The van der Waals surface area contributed by atoms with Crippen LogP contribution in [0.1, 0.15) is 70.5 Å². The number of aromatic nitrogens is 4. The standard InChI is InChI=1S/C22H24N4O2S/c1-12-18(14(3)27)13(2)23-19(12)20(28)15(4)29-22-24-21(16-10-11-16)26(25-22)17-8-6-5-7-9-17/h5-9,15-16,23H,10-11H2,1-4H3/t15-/m1/s1. The van der Waals surface area contributed by atoms with Gasteiger partial charge in [0.25, 0.3) is 0 Å². The van der Waals surface area contributed by atoms with Crippen molar-refractivity contribution in [2.75, 3.05) is 0 Å². The topological polar surface area (TPSA) is 80.6 Å². The van der Waals surface area contributed by atoms with Gasteiger partial charge in [-0.15, -0.1) is 5.10 Å². The van der Waals surface area contributed by atoms with Gasteiger partial charge in [0.2, 0.25) is 5.16 Å². The summed E-state index contributed by atoms with van der Waals surface area (Å²) >= 11 is 1.36. The van der Waals surface area contributed by atoms with Crippen molar-refractivity contribution in [3.8, 4) is 5.69 Å². The van der Waals surface area contributed by atoms with Crippen molar-refractivity contribution in [1.82, 2.24) is 19.7 Å². The first-order valence-electron chi connectivity index (χ1n) is 9.80. The lowest BCUT2D eigenvalue weighted by Crippen LogP contribution is -2.15. The van der Waals surface area contributed by atoms with E-state index in [1.807, 2.05) is 55.8 Å². The van der Waals surface area contributed by atoms with E-state index in [-0.39, 0.29) is 16.8 Å². The van der Waals surface area contributed by atoms with E-state index in [1.165, 1.54) is 18.7 Å². The first-order chi connectivity index (χ1) is 13.9. The number of thioether (sulfide) groups is 1. The molecule has 0 radical (unpaired) electrons. The molecule has 1 aromatic carbocycles. The molecular formula is C22H24N4O2S. The van der Waals surface area contributed by atoms with Crippen LogP contribution >= 0.6 is 11.8 Å². The van der Waals surface area contributed by atoms with Crippen LogP contribution in [-0.2, 0) is 0 Å². The van der Waals surface area contributed by atoms with E-state index >= 15 is 0 Å². The Bertz CT molecular complexity index is 1080. The third-order valence-corrected chi connectivity index (χ3v) is 6.19. The number of nitrogens with one attached hydrogen (secondary N) is 1. The third-order valence-electron chi connectivity index (χ3n) is 5.24. The number of aromatic amines is 1. The minimum absolute atomic E-state index is 0.0343. The predicted octanol–water partition coefficient (Wildman–Crippen LogP) is 4.66. The van der Waals surface area contributed by atoms with E-state index in [0.717, 1.165) is 30.0 Å². The Hall–Kier alpha value is -2.67. The fraction of sp³-hybridized carbons (Fsp3) is 0.364. The molecule has 1 atom stereocenters. The normalized spacial score (nSPS) is 14.8. The van der Waals surface area contributed by atoms with Gasteiger partial charge in [-0.3, -0.25) is 9.59 Å². The number of ketones is 2. The van der Waals surface area contributed by atoms with Gasteiger partial charge in [-0.2, -0.15) is 0 Å². The zero-order valence-electron chi connectivity index (χ0n) is 17.0. The van der Waals surface area contributed by atoms with E-state index in [4.69, 9.17) is 4.98 Å². The molecule has 0 saturated heterocycles. The van der Waals surface area contributed by atoms with Crippen molar-refractivity contribution >= 4 is 23.3 Å². The summed E-state index contributed by atoms with van der Waals surface area (Å²) in [6.07, 6.45) is 2.25. The Morgan fingerprint density at radius 1 is 1.21 bits per heavy atom. The highest BCUT2D eigenvalue weighted by Gasteiger charge is 2.31. The molecule has 6 nitrogen and oxygen atoms in total. The lowest BCUT2D eigenvalue weighted by molar-refractivity contribution is 0.0988. The fourth-order valence-corrected chi connectivity index (χ4v) is 4.47. The van der Waals surface area contributed by atoms with Gasteiger partial charge in [-0.25, -0.2) is 9.67 Å². The molecule has 1 N–H and O–H groups in total. The number of para-hydroxylation sites is 1. The van der Waals surface area contributed by atoms with Crippen molar-refractivity contribution in [2.45, 2.75) is 56.9 Å². The highest BCUT2D eigenvalue weighted by atomic mass is 32.2. The number of hydrogen-bond donors (Lipinski definition) is 1. The van der Waals surface area contributed by atoms with Gasteiger partial charge in [0.1, 0.15) is 5.82 Å². The van der Waals surface area contributed by atoms with Gasteiger partial charge in [0, 0.05) is 17.2 Å². The smallest absolute Gasteiger partial charge is 0.209 e. The fourth-order valence-electron chi connectivity index (χ4n) is 3.66. The number of carbonyl (C=O) groups is 2. The zero-order chi connectivity index (χ0) is 20.7. The first kappa shape index (κ1) is 19.6. The average Bonchev–Trinajstić information content (AvgIpc) is 3.38. The number of hydrogen-bond acceptors (Lipinski definition) is 5. The SMILES string of the molecule is CC(=O)c1c(C)[nH]c(C(=O)[C@@H](C)Sc2nc(C3CC3)n(-c3ccccc3)n2)c1C. The van der Waals surface area contributed by atoms with E-state index in [0.29, 0.717) is 27.9 Å². The largest absolute Gasteiger partial charge is 0.355 e. The Kier molecular flexibility index (Phi) is 5.17. The summed E-state index contributed by atoms with van der Waals surface area (Å²) in [5.74, 6) is 1.32. The van der Waals surface area contributed by atoms with Crippen LogP contribution in [0.4, 0.5) is 0 Å². The number of H-pyrrole nitrogens is 1. The van der Waals surface area contributed by atoms with Gasteiger partial charge in [0.15, 0.2) is 11.6 Å². The summed E-state index contributed by atoms with van der Waals surface area (Å²) in [6.45, 7) is 7.02. The quantitative estimate of drug-likeness (QED) is 0.454. The molecule has 0 bridgehead atoms. The third kappa shape index (κ3) is 3.79. The number of carbonyl (C=O) groups excluding carboxylic acids is 2. The molecule has 150 valence electrons. The number of nitrogens with zero attached hydrogens (tertiary/aromatic N) is 3. The molecule has 1 fully saturated rings. The van der Waals surface area contributed by atoms with Crippen LogP contribution in [0.15, 0.2) is 35.5 Å². The summed E-state index contributed by atoms with van der Waals surface area (Å²) in [7, 11) is 0. The second-order valence-corrected chi connectivity index (χ2v) is 8.89. The van der Waals surface area contributed by atoms with Crippen molar-refractivity contribution in [2.24, 2.45) is 0 Å². The lowest BCUT2D eigenvalue weighted by atomic mass is 10.0. The number of aryl methyl sites for hydroxylation is 1. The Labute approximate surface area is 174 Å². The molecule has 7 heteroatoms. The summed E-state index contributed by atoms with van der Waals surface area (Å²) in [5.41, 5.74) is 3.53. The summed E-state index contributed by atoms with van der Waals surface area (Å²) in [6, 6.07) is 9.96. The van der Waals surface area contributed by atoms with Gasteiger partial charge in [-0.1, -0.05) is 30.0 Å². The predicted molar refractivity (Wildman–Crippen MR) is 113 cm³/mol. The Morgan fingerprint density at radius 3 is 2.48 bits per heavy atom. The van der Waals surface area contributed by atoms with Crippen LogP contribution < -0.4 is 0 Å². The van der Waals surface area contributed by atoms with Gasteiger partial charge < -0.3 is 4.98 Å². The van der Waals surface area contributed by atoms with Crippen LogP contribution in [0.5, 0.6) is 0 Å². The molecule has 3 aromatic rings. The highest BCUT2D eigenvalue weighted by molar-refractivity contribution is 8.00. The Balaban J connectivity index is 1.59. The van der Waals surface area contributed by atoms with Gasteiger partial charge in [0.05, 0.1) is 16.6 Å². The van der Waals surface area contributed by atoms with Crippen LogP contribution in [0, 0.1) is 13.8 Å². The molecule has 1 saturated carbocycles. The maximum atomic E-state index is 13.0. The second kappa shape index (κ2) is 7.63. The van der Waals surface area contributed by atoms with Crippen LogP contribution in [0.2, 0.25) is 0 Å². The molecule has 29 heavy (non-hydrogen) atoms. The number of benzene rings is 1. The van der Waals surface area contributed by atoms with E-state index in [9.17, 15) is 9.59 Å². The van der Waals surface area contributed by atoms with Gasteiger partial charge >= 0.3 is 0 Å². The molecule has 0 unspecified atom stereocenters. The van der Waals surface area contributed by atoms with Crippen LogP contribution in [0.3, 0.4) is 0 Å². The zero-order valence-corrected chi connectivity index (χ0v) is 17.8. The maximum absolute atomic E-state index is 13.0. The Morgan fingerprint density at radius 2 is 1.90 bits per heavy atom. The van der Waals surface area contributed by atoms with E-state index in [1.54, 1.807) is 0 Å². The molecule has 1 aliphatic rings.